The van der Waals surface area contributed by atoms with Gasteiger partial charge in [0.2, 0.25) is 0 Å². The number of halogens is 2. The normalized spacial score (nSPS) is 12.5. The highest BCUT2D eigenvalue weighted by atomic mass is 79.9. The molecule has 0 aliphatic carbocycles. The second kappa shape index (κ2) is 7.96. The Hall–Kier alpha value is -0.250. The average molecular weight is 321 g/mol. The molecule has 17 heavy (non-hydrogen) atoms. The van der Waals surface area contributed by atoms with Crippen LogP contribution >= 0.6 is 27.5 Å². The number of benzene rings is 1. The topological polar surface area (TPSA) is 21.3 Å². The van der Waals surface area contributed by atoms with Crippen LogP contribution in [0.2, 0.25) is 5.02 Å². The summed E-state index contributed by atoms with van der Waals surface area (Å²) in [7, 11) is 0. The molecule has 0 fully saturated rings. The van der Waals surface area contributed by atoms with Gasteiger partial charge < -0.3 is 10.1 Å². The predicted octanol–water partition coefficient (Wildman–Crippen LogP) is 4.26. The van der Waals surface area contributed by atoms with Crippen LogP contribution in [0.1, 0.15) is 26.7 Å². The van der Waals surface area contributed by atoms with Crippen molar-refractivity contribution in [2.24, 2.45) is 0 Å². The van der Waals surface area contributed by atoms with Crippen molar-refractivity contribution in [2.75, 3.05) is 13.1 Å². The minimum Gasteiger partial charge on any atom is -0.488 e. The molecule has 0 aliphatic heterocycles. The van der Waals surface area contributed by atoms with E-state index in [4.69, 9.17) is 16.3 Å². The molecule has 0 aromatic heterocycles. The predicted molar refractivity (Wildman–Crippen MR) is 77.0 cm³/mol. The maximum Gasteiger partial charge on any atom is 0.134 e. The van der Waals surface area contributed by atoms with Crippen molar-refractivity contribution in [1.82, 2.24) is 5.32 Å². The van der Waals surface area contributed by atoms with E-state index in [0.717, 1.165) is 23.3 Å². The first kappa shape index (κ1) is 14.8. The second-order valence-electron chi connectivity index (χ2n) is 4.06. The van der Waals surface area contributed by atoms with Crippen LogP contribution in [-0.2, 0) is 0 Å². The van der Waals surface area contributed by atoms with Crippen LogP contribution in [-0.4, -0.2) is 19.2 Å². The molecule has 0 bridgehead atoms. The minimum absolute atomic E-state index is 0.143. The summed E-state index contributed by atoms with van der Waals surface area (Å²) in [5, 5.41) is 4.08. The Bertz CT molecular complexity index is 346. The third-order valence-electron chi connectivity index (χ3n) is 2.36. The Morgan fingerprint density at radius 1 is 1.47 bits per heavy atom. The van der Waals surface area contributed by atoms with E-state index in [2.05, 4.69) is 35.1 Å². The van der Waals surface area contributed by atoms with Crippen LogP contribution in [0, 0.1) is 0 Å². The van der Waals surface area contributed by atoms with Crippen LogP contribution < -0.4 is 10.1 Å². The van der Waals surface area contributed by atoms with Crippen molar-refractivity contribution in [1.29, 1.82) is 0 Å². The van der Waals surface area contributed by atoms with E-state index >= 15 is 0 Å². The van der Waals surface area contributed by atoms with E-state index < -0.39 is 0 Å². The zero-order valence-electron chi connectivity index (χ0n) is 10.3. The zero-order valence-corrected chi connectivity index (χ0v) is 12.6. The van der Waals surface area contributed by atoms with Gasteiger partial charge in [-0.05, 0) is 54.0 Å². The van der Waals surface area contributed by atoms with Gasteiger partial charge in [0, 0.05) is 11.6 Å². The summed E-state index contributed by atoms with van der Waals surface area (Å²) >= 11 is 9.31. The Kier molecular flexibility index (Phi) is 6.93. The molecule has 1 atom stereocenters. The lowest BCUT2D eigenvalue weighted by Crippen LogP contribution is -2.29. The number of nitrogens with one attached hydrogen (secondary N) is 1. The Morgan fingerprint density at radius 2 is 2.24 bits per heavy atom. The van der Waals surface area contributed by atoms with Crippen LogP contribution in [0.3, 0.4) is 0 Å². The molecule has 1 N–H and O–H groups in total. The Balaban J connectivity index is 2.37. The van der Waals surface area contributed by atoms with E-state index in [0.29, 0.717) is 5.02 Å². The number of rotatable bonds is 7. The van der Waals surface area contributed by atoms with E-state index in [9.17, 15) is 0 Å². The fourth-order valence-corrected chi connectivity index (χ4v) is 2.21. The van der Waals surface area contributed by atoms with Gasteiger partial charge in [-0.15, -0.1) is 0 Å². The van der Waals surface area contributed by atoms with Crippen molar-refractivity contribution in [3.05, 3.63) is 27.7 Å². The van der Waals surface area contributed by atoms with E-state index in [1.807, 2.05) is 18.2 Å². The molecule has 2 nitrogen and oxygen atoms in total. The van der Waals surface area contributed by atoms with Gasteiger partial charge in [-0.1, -0.05) is 24.9 Å². The number of ether oxygens (including phenoxy) is 1. The first-order valence-corrected chi connectivity index (χ1v) is 7.13. The van der Waals surface area contributed by atoms with E-state index in [1.54, 1.807) is 0 Å². The van der Waals surface area contributed by atoms with Gasteiger partial charge in [0.15, 0.2) is 0 Å². The molecule has 0 amide bonds. The fourth-order valence-electron chi connectivity index (χ4n) is 1.44. The van der Waals surface area contributed by atoms with E-state index in [-0.39, 0.29) is 6.10 Å². The lowest BCUT2D eigenvalue weighted by Gasteiger charge is -2.16. The van der Waals surface area contributed by atoms with Gasteiger partial charge in [0.1, 0.15) is 11.9 Å². The van der Waals surface area contributed by atoms with Gasteiger partial charge in [-0.3, -0.25) is 0 Å². The summed E-state index contributed by atoms with van der Waals surface area (Å²) in [5.41, 5.74) is 0. The summed E-state index contributed by atoms with van der Waals surface area (Å²) in [4.78, 5) is 0. The smallest absolute Gasteiger partial charge is 0.134 e. The minimum atomic E-state index is 0.143. The third-order valence-corrected chi connectivity index (χ3v) is 3.22. The molecule has 1 aromatic rings. The third kappa shape index (κ3) is 5.75. The second-order valence-corrected chi connectivity index (χ2v) is 5.35. The highest BCUT2D eigenvalue weighted by Gasteiger charge is 2.07. The first-order valence-electron chi connectivity index (χ1n) is 5.96. The molecule has 0 spiro atoms. The molecular weight excluding hydrogens is 302 g/mol. The highest BCUT2D eigenvalue weighted by molar-refractivity contribution is 9.10. The van der Waals surface area contributed by atoms with Crippen LogP contribution in [0.4, 0.5) is 0 Å². The fraction of sp³-hybridized carbons (Fsp3) is 0.538. The van der Waals surface area contributed by atoms with Crippen molar-refractivity contribution < 1.29 is 4.74 Å². The summed E-state index contributed by atoms with van der Waals surface area (Å²) in [6, 6.07) is 5.56. The molecule has 0 saturated heterocycles. The molecule has 96 valence electrons. The Morgan fingerprint density at radius 3 is 2.88 bits per heavy atom. The molecule has 0 radical (unpaired) electrons. The molecule has 0 heterocycles. The molecule has 1 unspecified atom stereocenters. The van der Waals surface area contributed by atoms with Crippen molar-refractivity contribution >= 4 is 27.5 Å². The first-order chi connectivity index (χ1) is 8.13. The summed E-state index contributed by atoms with van der Waals surface area (Å²) in [6.07, 6.45) is 2.56. The number of hydrogen-bond donors (Lipinski definition) is 1. The SMILES string of the molecule is CCCCNCC(C)Oc1ccc(Cl)cc1Br. The molecule has 1 rings (SSSR count). The van der Waals surface area contributed by atoms with Gasteiger partial charge >= 0.3 is 0 Å². The van der Waals surface area contributed by atoms with Crippen LogP contribution in [0.25, 0.3) is 0 Å². The Labute approximate surface area is 117 Å². The van der Waals surface area contributed by atoms with Gasteiger partial charge in [0.05, 0.1) is 4.47 Å². The monoisotopic (exact) mass is 319 g/mol. The van der Waals surface area contributed by atoms with Gasteiger partial charge in [-0.25, -0.2) is 0 Å². The number of hydrogen-bond acceptors (Lipinski definition) is 2. The zero-order chi connectivity index (χ0) is 12.7. The largest absolute Gasteiger partial charge is 0.488 e. The molecule has 0 aliphatic rings. The van der Waals surface area contributed by atoms with Gasteiger partial charge in [-0.2, -0.15) is 0 Å². The maximum atomic E-state index is 5.87. The van der Waals surface area contributed by atoms with Crippen molar-refractivity contribution in [3.8, 4) is 5.75 Å². The van der Waals surface area contributed by atoms with Gasteiger partial charge in [0.25, 0.3) is 0 Å². The summed E-state index contributed by atoms with van der Waals surface area (Å²) in [6.45, 7) is 6.15. The number of unbranched alkanes of at least 4 members (excludes halogenated alkanes) is 1. The summed E-state index contributed by atoms with van der Waals surface area (Å²) in [5.74, 6) is 0.833. The lowest BCUT2D eigenvalue weighted by atomic mass is 10.3. The average Bonchev–Trinajstić information content (AvgIpc) is 2.28. The van der Waals surface area contributed by atoms with Crippen molar-refractivity contribution in [3.63, 3.8) is 0 Å². The standard InChI is InChI=1S/C13H19BrClNO/c1-3-4-7-16-9-10(2)17-13-6-5-11(15)8-12(13)14/h5-6,8,10,16H,3-4,7,9H2,1-2H3. The van der Waals surface area contributed by atoms with Crippen LogP contribution in [0.15, 0.2) is 22.7 Å². The molecular formula is C13H19BrClNO. The van der Waals surface area contributed by atoms with E-state index in [1.165, 1.54) is 12.8 Å². The summed E-state index contributed by atoms with van der Waals surface area (Å²) < 4.78 is 6.71. The highest BCUT2D eigenvalue weighted by Crippen LogP contribution is 2.28. The molecule has 0 saturated carbocycles. The van der Waals surface area contributed by atoms with Crippen molar-refractivity contribution in [2.45, 2.75) is 32.8 Å². The maximum absolute atomic E-state index is 5.87. The molecule has 1 aromatic carbocycles. The lowest BCUT2D eigenvalue weighted by molar-refractivity contribution is 0.216. The quantitative estimate of drug-likeness (QED) is 0.758. The molecule has 4 heteroatoms. The van der Waals surface area contributed by atoms with Crippen LogP contribution in [0.5, 0.6) is 5.75 Å².